The van der Waals surface area contributed by atoms with Gasteiger partial charge in [0.2, 0.25) is 5.43 Å². The number of hydrogen-bond acceptors (Lipinski definition) is 3. The van der Waals surface area contributed by atoms with E-state index < -0.39 is 17.1 Å². The van der Waals surface area contributed by atoms with Crippen molar-refractivity contribution in [2.45, 2.75) is 6.92 Å². The van der Waals surface area contributed by atoms with Crippen LogP contribution in [0.1, 0.15) is 11.4 Å². The number of hydrogen-bond donors (Lipinski definition) is 2. The van der Waals surface area contributed by atoms with E-state index in [0.29, 0.717) is 11.4 Å². The molecule has 0 radical (unpaired) electrons. The van der Waals surface area contributed by atoms with Crippen LogP contribution in [0.4, 0.5) is 4.39 Å². The fraction of sp³-hybridized carbons (Fsp3) is 0.0833. The Kier molecular flexibility index (Phi) is 2.93. The van der Waals surface area contributed by atoms with Crippen LogP contribution in [0.15, 0.2) is 35.1 Å². The SMILES string of the molecule is Cc1cc(=O)c(C(=N)N)nn1-c1cccc(F)c1. The molecule has 92 valence electrons. The number of benzene rings is 1. The van der Waals surface area contributed by atoms with Gasteiger partial charge in [0.05, 0.1) is 5.69 Å². The summed E-state index contributed by atoms with van der Waals surface area (Å²) in [4.78, 5) is 11.6. The summed E-state index contributed by atoms with van der Waals surface area (Å²) in [5.41, 5.74) is 5.71. The average Bonchev–Trinajstić information content (AvgIpc) is 2.28. The molecule has 0 aliphatic rings. The number of amidine groups is 1. The van der Waals surface area contributed by atoms with E-state index in [9.17, 15) is 9.18 Å². The van der Waals surface area contributed by atoms with E-state index in [2.05, 4.69) is 5.10 Å². The van der Waals surface area contributed by atoms with Crippen molar-refractivity contribution in [3.63, 3.8) is 0 Å². The van der Waals surface area contributed by atoms with E-state index in [1.54, 1.807) is 13.0 Å². The fourth-order valence-electron chi connectivity index (χ4n) is 1.60. The van der Waals surface area contributed by atoms with Gasteiger partial charge in [-0.15, -0.1) is 0 Å². The number of nitrogens with zero attached hydrogens (tertiary/aromatic N) is 2. The Morgan fingerprint density at radius 1 is 1.44 bits per heavy atom. The molecule has 2 aromatic rings. The normalized spacial score (nSPS) is 10.3. The zero-order valence-electron chi connectivity index (χ0n) is 9.64. The summed E-state index contributed by atoms with van der Waals surface area (Å²) in [5, 5.41) is 11.2. The Morgan fingerprint density at radius 2 is 2.17 bits per heavy atom. The van der Waals surface area contributed by atoms with Crippen LogP contribution in [0.5, 0.6) is 0 Å². The van der Waals surface area contributed by atoms with Gasteiger partial charge in [-0.1, -0.05) is 6.07 Å². The van der Waals surface area contributed by atoms with Crippen molar-refractivity contribution in [1.29, 1.82) is 5.41 Å². The topological polar surface area (TPSA) is 84.8 Å². The van der Waals surface area contributed by atoms with Crippen molar-refractivity contribution in [1.82, 2.24) is 9.78 Å². The van der Waals surface area contributed by atoms with Crippen molar-refractivity contribution < 1.29 is 4.39 Å². The van der Waals surface area contributed by atoms with Crippen LogP contribution in [-0.4, -0.2) is 15.6 Å². The first-order valence-corrected chi connectivity index (χ1v) is 5.20. The van der Waals surface area contributed by atoms with Gasteiger partial charge in [-0.25, -0.2) is 9.07 Å². The predicted molar refractivity (Wildman–Crippen MR) is 65.5 cm³/mol. The van der Waals surface area contributed by atoms with Crippen molar-refractivity contribution in [3.05, 3.63) is 57.8 Å². The number of aryl methyl sites for hydroxylation is 1. The van der Waals surface area contributed by atoms with Gasteiger partial charge in [-0.2, -0.15) is 5.10 Å². The fourth-order valence-corrected chi connectivity index (χ4v) is 1.60. The highest BCUT2D eigenvalue weighted by Crippen LogP contribution is 2.10. The number of aromatic nitrogens is 2. The summed E-state index contributed by atoms with van der Waals surface area (Å²) in [6, 6.07) is 7.10. The predicted octanol–water partition coefficient (Wildman–Crippen LogP) is 0.964. The lowest BCUT2D eigenvalue weighted by Gasteiger charge is -2.10. The molecule has 0 spiro atoms. The number of rotatable bonds is 2. The van der Waals surface area contributed by atoms with E-state index >= 15 is 0 Å². The van der Waals surface area contributed by atoms with E-state index in [0.717, 1.165) is 0 Å². The van der Waals surface area contributed by atoms with Gasteiger partial charge in [0.15, 0.2) is 5.69 Å². The van der Waals surface area contributed by atoms with Crippen LogP contribution in [0.25, 0.3) is 5.69 Å². The Balaban J connectivity index is 2.68. The molecule has 5 nitrogen and oxygen atoms in total. The molecule has 0 saturated carbocycles. The third kappa shape index (κ3) is 2.13. The zero-order valence-corrected chi connectivity index (χ0v) is 9.64. The summed E-state index contributed by atoms with van der Waals surface area (Å²) in [6.07, 6.45) is 0. The molecule has 1 aromatic carbocycles. The Morgan fingerprint density at radius 3 is 2.78 bits per heavy atom. The maximum absolute atomic E-state index is 13.2. The highest BCUT2D eigenvalue weighted by Gasteiger charge is 2.10. The molecule has 3 N–H and O–H groups in total. The number of halogens is 1. The highest BCUT2D eigenvalue weighted by molar-refractivity contribution is 5.92. The van der Waals surface area contributed by atoms with Gasteiger partial charge in [0.25, 0.3) is 0 Å². The molecule has 6 heteroatoms. The first-order valence-electron chi connectivity index (χ1n) is 5.20. The van der Waals surface area contributed by atoms with Gasteiger partial charge in [-0.3, -0.25) is 10.2 Å². The molecule has 1 aromatic heterocycles. The molecule has 0 fully saturated rings. The lowest BCUT2D eigenvalue weighted by atomic mass is 10.2. The molecule has 0 unspecified atom stereocenters. The number of nitrogens with one attached hydrogen (secondary N) is 1. The molecule has 0 aliphatic heterocycles. The monoisotopic (exact) mass is 246 g/mol. The molecule has 0 saturated heterocycles. The average molecular weight is 246 g/mol. The number of nitrogen functional groups attached to an aromatic ring is 1. The Bertz CT molecular complexity index is 678. The molecule has 18 heavy (non-hydrogen) atoms. The molecule has 2 rings (SSSR count). The van der Waals surface area contributed by atoms with Crippen LogP contribution in [-0.2, 0) is 0 Å². The summed E-state index contributed by atoms with van der Waals surface area (Å²) < 4.78 is 14.5. The summed E-state index contributed by atoms with van der Waals surface area (Å²) in [7, 11) is 0. The molecule has 0 aliphatic carbocycles. The van der Waals surface area contributed by atoms with Crippen molar-refractivity contribution in [2.75, 3.05) is 0 Å². The second kappa shape index (κ2) is 4.40. The molecule has 0 amide bonds. The molecule has 1 heterocycles. The van der Waals surface area contributed by atoms with Gasteiger partial charge < -0.3 is 5.73 Å². The third-order valence-electron chi connectivity index (χ3n) is 2.42. The first-order chi connectivity index (χ1) is 8.49. The van der Waals surface area contributed by atoms with E-state index in [1.165, 1.54) is 28.9 Å². The smallest absolute Gasteiger partial charge is 0.211 e. The van der Waals surface area contributed by atoms with Crippen LogP contribution in [0.3, 0.4) is 0 Å². The van der Waals surface area contributed by atoms with Crippen LogP contribution in [0, 0.1) is 18.2 Å². The van der Waals surface area contributed by atoms with Gasteiger partial charge in [0.1, 0.15) is 11.7 Å². The van der Waals surface area contributed by atoms with Crippen molar-refractivity contribution in [3.8, 4) is 5.69 Å². The molecule has 0 bridgehead atoms. The van der Waals surface area contributed by atoms with Crippen LogP contribution in [0.2, 0.25) is 0 Å². The standard InChI is InChI=1S/C12H11FN4O/c1-7-5-10(18)11(12(14)15)16-17(7)9-4-2-3-8(13)6-9/h2-6H,1H3,(H3,14,15). The van der Waals surface area contributed by atoms with Gasteiger partial charge in [0, 0.05) is 11.8 Å². The third-order valence-corrected chi connectivity index (χ3v) is 2.42. The van der Waals surface area contributed by atoms with E-state index in [4.69, 9.17) is 11.1 Å². The minimum Gasteiger partial charge on any atom is -0.382 e. The van der Waals surface area contributed by atoms with Crippen LogP contribution < -0.4 is 11.2 Å². The molecule has 0 atom stereocenters. The van der Waals surface area contributed by atoms with Gasteiger partial charge >= 0.3 is 0 Å². The molecular formula is C12H11FN4O. The van der Waals surface area contributed by atoms with Crippen molar-refractivity contribution in [2.24, 2.45) is 5.73 Å². The first kappa shape index (κ1) is 12.0. The second-order valence-electron chi connectivity index (χ2n) is 3.80. The Hall–Kier alpha value is -2.50. The Labute approximate surface area is 102 Å². The second-order valence-corrected chi connectivity index (χ2v) is 3.80. The van der Waals surface area contributed by atoms with Gasteiger partial charge in [-0.05, 0) is 25.1 Å². The lowest BCUT2D eigenvalue weighted by molar-refractivity contribution is 0.624. The zero-order chi connectivity index (χ0) is 13.3. The minimum atomic E-state index is -0.423. The minimum absolute atomic E-state index is 0.148. The highest BCUT2D eigenvalue weighted by atomic mass is 19.1. The summed E-state index contributed by atoms with van der Waals surface area (Å²) >= 11 is 0. The van der Waals surface area contributed by atoms with E-state index in [1.807, 2.05) is 0 Å². The summed E-state index contributed by atoms with van der Waals surface area (Å²) in [5.74, 6) is -0.818. The maximum Gasteiger partial charge on any atom is 0.211 e. The quantitative estimate of drug-likeness (QED) is 0.611. The summed E-state index contributed by atoms with van der Waals surface area (Å²) in [6.45, 7) is 1.67. The molecular weight excluding hydrogens is 235 g/mol. The van der Waals surface area contributed by atoms with Crippen LogP contribution >= 0.6 is 0 Å². The maximum atomic E-state index is 13.2. The lowest BCUT2D eigenvalue weighted by Crippen LogP contribution is -2.27. The number of nitrogens with two attached hydrogens (primary N) is 1. The van der Waals surface area contributed by atoms with Crippen molar-refractivity contribution >= 4 is 5.84 Å². The largest absolute Gasteiger partial charge is 0.382 e. The van der Waals surface area contributed by atoms with E-state index in [-0.39, 0.29) is 5.69 Å².